The Morgan fingerprint density at radius 1 is 1.09 bits per heavy atom. The van der Waals surface area contributed by atoms with Crippen LogP contribution in [-0.2, 0) is 17.6 Å². The minimum absolute atomic E-state index is 0.00206. The Kier molecular flexibility index (Phi) is 5.63. The van der Waals surface area contributed by atoms with Gasteiger partial charge in [0.2, 0.25) is 5.91 Å². The van der Waals surface area contributed by atoms with Crippen molar-refractivity contribution in [1.29, 1.82) is 0 Å². The van der Waals surface area contributed by atoms with Gasteiger partial charge in [0, 0.05) is 35.3 Å². The fourth-order valence-corrected chi connectivity index (χ4v) is 5.34. The van der Waals surface area contributed by atoms with E-state index in [0.29, 0.717) is 23.6 Å². The number of fused-ring (bicyclic) bond motifs is 1. The van der Waals surface area contributed by atoms with Gasteiger partial charge < -0.3 is 4.90 Å². The van der Waals surface area contributed by atoms with E-state index >= 15 is 0 Å². The van der Waals surface area contributed by atoms with Crippen LogP contribution in [0.25, 0.3) is 5.69 Å². The highest BCUT2D eigenvalue weighted by atomic mass is 32.2. The maximum atomic E-state index is 12.9. The van der Waals surface area contributed by atoms with Crippen molar-refractivity contribution in [1.82, 2.24) is 14.8 Å². The summed E-state index contributed by atoms with van der Waals surface area (Å²) in [5, 5.41) is 11.6. The Bertz CT molecular complexity index is 1280. The van der Waals surface area contributed by atoms with Gasteiger partial charge in [-0.05, 0) is 47.3 Å². The van der Waals surface area contributed by atoms with Crippen LogP contribution in [-0.4, -0.2) is 39.3 Å². The van der Waals surface area contributed by atoms with Gasteiger partial charge in [0.05, 0.1) is 12.2 Å². The van der Waals surface area contributed by atoms with Crippen LogP contribution in [0.4, 0.5) is 5.69 Å². The number of Topliss-reactive ketones (excluding diaryl/α,β-unsaturated/α-hetero) is 1. The van der Waals surface area contributed by atoms with Crippen LogP contribution in [0, 0.1) is 0 Å². The van der Waals surface area contributed by atoms with Gasteiger partial charge in [-0.2, -0.15) is 0 Å². The molecule has 2 aromatic heterocycles. The smallest absolute Gasteiger partial charge is 0.231 e. The molecule has 0 atom stereocenters. The molecule has 0 bridgehead atoms. The highest BCUT2D eigenvalue weighted by Gasteiger charge is 2.25. The molecule has 3 heterocycles. The zero-order chi connectivity index (χ0) is 22.1. The normalized spacial score (nSPS) is 12.9. The van der Waals surface area contributed by atoms with Gasteiger partial charge in [-0.15, -0.1) is 21.5 Å². The Labute approximate surface area is 193 Å². The van der Waals surface area contributed by atoms with Crippen molar-refractivity contribution in [3.63, 3.8) is 0 Å². The number of thiophene rings is 1. The number of thioether (sulfide) groups is 1. The van der Waals surface area contributed by atoms with Crippen molar-refractivity contribution in [3.8, 4) is 5.69 Å². The van der Waals surface area contributed by atoms with Crippen molar-refractivity contribution < 1.29 is 9.59 Å². The molecule has 0 saturated heterocycles. The van der Waals surface area contributed by atoms with Crippen LogP contribution in [0.2, 0.25) is 0 Å². The number of carbonyl (C=O) groups excluding carboxylic acids is 2. The number of ketones is 1. The van der Waals surface area contributed by atoms with Crippen LogP contribution in [0.3, 0.4) is 0 Å². The molecule has 0 N–H and O–H groups in total. The highest BCUT2D eigenvalue weighted by molar-refractivity contribution is 7.99. The van der Waals surface area contributed by atoms with Crippen LogP contribution >= 0.6 is 23.1 Å². The van der Waals surface area contributed by atoms with Crippen molar-refractivity contribution in [2.24, 2.45) is 0 Å². The average molecular weight is 461 g/mol. The topological polar surface area (TPSA) is 68.1 Å². The van der Waals surface area contributed by atoms with E-state index in [1.807, 2.05) is 53.1 Å². The number of hydrogen-bond donors (Lipinski definition) is 0. The molecule has 1 amide bonds. The summed E-state index contributed by atoms with van der Waals surface area (Å²) in [4.78, 5) is 27.7. The fourth-order valence-electron chi connectivity index (χ4n) is 3.77. The minimum Gasteiger partial charge on any atom is -0.315 e. The Hall–Kier alpha value is -3.23. The maximum absolute atomic E-state index is 12.9. The summed E-state index contributed by atoms with van der Waals surface area (Å²) >= 11 is 3.07. The number of rotatable bonds is 7. The zero-order valence-corrected chi connectivity index (χ0v) is 19.0. The average Bonchev–Trinajstić information content (AvgIpc) is 3.53. The summed E-state index contributed by atoms with van der Waals surface area (Å²) in [7, 11) is 1.76. The molecule has 0 spiro atoms. The van der Waals surface area contributed by atoms with Crippen molar-refractivity contribution in [2.45, 2.75) is 18.0 Å². The van der Waals surface area contributed by atoms with Crippen LogP contribution in [0.15, 0.2) is 71.2 Å². The Morgan fingerprint density at radius 2 is 1.94 bits per heavy atom. The molecular formula is C24H20N4O2S2. The highest BCUT2D eigenvalue weighted by Crippen LogP contribution is 2.30. The molecular weight excluding hydrogens is 440 g/mol. The third-order valence-electron chi connectivity index (χ3n) is 5.44. The van der Waals surface area contributed by atoms with Crippen molar-refractivity contribution >= 4 is 40.5 Å². The molecule has 1 aliphatic heterocycles. The van der Waals surface area contributed by atoms with Gasteiger partial charge in [-0.3, -0.25) is 14.2 Å². The molecule has 4 aromatic rings. The molecule has 0 fully saturated rings. The lowest BCUT2D eigenvalue weighted by Gasteiger charge is -2.11. The number of anilines is 1. The van der Waals surface area contributed by atoms with Crippen LogP contribution < -0.4 is 4.90 Å². The Morgan fingerprint density at radius 3 is 2.72 bits per heavy atom. The van der Waals surface area contributed by atoms with E-state index in [0.717, 1.165) is 22.8 Å². The van der Waals surface area contributed by atoms with Crippen molar-refractivity contribution in [3.05, 3.63) is 87.9 Å². The van der Waals surface area contributed by atoms with Gasteiger partial charge in [-0.25, -0.2) is 0 Å². The fraction of sp³-hybridized carbons (Fsp3) is 0.167. The second kappa shape index (κ2) is 8.72. The molecule has 0 radical (unpaired) electrons. The first-order valence-corrected chi connectivity index (χ1v) is 12.0. The molecule has 0 aliphatic carbocycles. The van der Waals surface area contributed by atoms with Gasteiger partial charge >= 0.3 is 0 Å². The monoisotopic (exact) mass is 460 g/mol. The van der Waals surface area contributed by atoms with E-state index in [4.69, 9.17) is 0 Å². The number of likely N-dealkylation sites (N-methyl/N-ethyl adjacent to an activating group) is 1. The van der Waals surface area contributed by atoms with E-state index in [1.54, 1.807) is 29.4 Å². The summed E-state index contributed by atoms with van der Waals surface area (Å²) in [6.07, 6.45) is 1.02. The van der Waals surface area contributed by atoms with E-state index in [1.165, 1.54) is 16.6 Å². The molecule has 0 unspecified atom stereocenters. The summed E-state index contributed by atoms with van der Waals surface area (Å²) in [5.74, 6) is 1.13. The zero-order valence-electron chi connectivity index (χ0n) is 17.4. The van der Waals surface area contributed by atoms with E-state index in [9.17, 15) is 9.59 Å². The predicted molar refractivity (Wildman–Crippen MR) is 127 cm³/mol. The number of nitrogens with zero attached hydrogens (tertiary/aromatic N) is 4. The van der Waals surface area contributed by atoms with Crippen molar-refractivity contribution in [2.75, 3.05) is 17.7 Å². The summed E-state index contributed by atoms with van der Waals surface area (Å²) < 4.78 is 2.02. The summed E-state index contributed by atoms with van der Waals surface area (Å²) in [6, 6.07) is 19.6. The van der Waals surface area contributed by atoms with Crippen LogP contribution in [0.5, 0.6) is 0 Å². The lowest BCUT2D eigenvalue weighted by molar-refractivity contribution is -0.117. The molecule has 6 nitrogen and oxygen atoms in total. The van der Waals surface area contributed by atoms with Gasteiger partial charge in [0.15, 0.2) is 10.9 Å². The van der Waals surface area contributed by atoms with E-state index in [2.05, 4.69) is 21.6 Å². The molecule has 1 aliphatic rings. The second-order valence-electron chi connectivity index (χ2n) is 7.51. The summed E-state index contributed by atoms with van der Waals surface area (Å²) in [5.41, 5.74) is 3.36. The lowest BCUT2D eigenvalue weighted by Crippen LogP contribution is -2.20. The minimum atomic E-state index is 0.00206. The number of para-hydroxylation sites is 1. The van der Waals surface area contributed by atoms with Gasteiger partial charge in [0.1, 0.15) is 5.82 Å². The lowest BCUT2D eigenvalue weighted by atomic mass is 10.1. The molecule has 0 saturated carbocycles. The number of carbonyl (C=O) groups is 2. The standard InChI is InChI=1S/C24H20N4O2S2/c1-27-20-10-9-16(12-17(20)13-23(27)30)21(29)15-32-24-26-25-22(14-19-8-5-11-31-19)28(24)18-6-3-2-4-7-18/h2-12H,13-15H2,1H3. The maximum Gasteiger partial charge on any atom is 0.231 e. The number of aromatic nitrogens is 3. The summed E-state index contributed by atoms with van der Waals surface area (Å²) in [6.45, 7) is 0. The Balaban J connectivity index is 1.38. The first kappa shape index (κ1) is 20.7. The second-order valence-corrected chi connectivity index (χ2v) is 9.49. The third kappa shape index (κ3) is 3.99. The molecule has 5 rings (SSSR count). The number of benzene rings is 2. The quantitative estimate of drug-likeness (QED) is 0.302. The third-order valence-corrected chi connectivity index (χ3v) is 7.24. The first-order chi connectivity index (χ1) is 15.6. The number of hydrogen-bond acceptors (Lipinski definition) is 6. The van der Waals surface area contributed by atoms with E-state index in [-0.39, 0.29) is 17.4 Å². The molecule has 32 heavy (non-hydrogen) atoms. The molecule has 2 aromatic carbocycles. The predicted octanol–water partition coefficient (Wildman–Crippen LogP) is 4.41. The van der Waals surface area contributed by atoms with Gasteiger partial charge in [-0.1, -0.05) is 36.0 Å². The van der Waals surface area contributed by atoms with Crippen LogP contribution in [0.1, 0.15) is 26.6 Å². The first-order valence-electron chi connectivity index (χ1n) is 10.2. The largest absolute Gasteiger partial charge is 0.315 e. The SMILES string of the molecule is CN1C(=O)Cc2cc(C(=O)CSc3nnc(Cc4cccs4)n3-c3ccccc3)ccc21. The molecule has 8 heteroatoms. The molecule has 160 valence electrons. The van der Waals surface area contributed by atoms with E-state index < -0.39 is 0 Å². The van der Waals surface area contributed by atoms with Gasteiger partial charge in [0.25, 0.3) is 0 Å². The number of amides is 1.